The molecule has 4 aromatic rings. The lowest BCUT2D eigenvalue weighted by atomic mass is 9.91. The molecule has 0 spiro atoms. The van der Waals surface area contributed by atoms with Gasteiger partial charge in [-0.1, -0.05) is 67.6 Å². The van der Waals surface area contributed by atoms with E-state index in [0.717, 1.165) is 11.1 Å². The highest BCUT2D eigenvalue weighted by Gasteiger charge is 2.27. The Balaban J connectivity index is 1.84. The van der Waals surface area contributed by atoms with Crippen molar-refractivity contribution < 1.29 is 18.4 Å². The summed E-state index contributed by atoms with van der Waals surface area (Å²) in [6, 6.07) is 22.8. The molecule has 178 valence electrons. The van der Waals surface area contributed by atoms with Crippen LogP contribution in [0.4, 0.5) is 19.3 Å². The Kier molecular flexibility index (Phi) is 6.73. The third-order valence-corrected chi connectivity index (χ3v) is 5.62. The van der Waals surface area contributed by atoms with Gasteiger partial charge in [0.1, 0.15) is 0 Å². The van der Waals surface area contributed by atoms with E-state index in [0.29, 0.717) is 27.8 Å². The number of aromatic nitrogens is 1. The predicted molar refractivity (Wildman–Crippen MR) is 133 cm³/mol. The van der Waals surface area contributed by atoms with Crippen molar-refractivity contribution in [3.05, 3.63) is 84.4 Å². The summed E-state index contributed by atoms with van der Waals surface area (Å²) < 4.78 is 27.0. The highest BCUT2D eigenvalue weighted by atomic mass is 19.3. The molecule has 4 rings (SSSR count). The van der Waals surface area contributed by atoms with Crippen LogP contribution in [-0.4, -0.2) is 29.4 Å². The van der Waals surface area contributed by atoms with Crippen LogP contribution in [0.2, 0.25) is 0 Å². The molecule has 1 heterocycles. The van der Waals surface area contributed by atoms with Crippen molar-refractivity contribution in [1.82, 2.24) is 10.3 Å². The second-order valence-electron chi connectivity index (χ2n) is 8.06. The average Bonchev–Trinajstić information content (AvgIpc) is 2.87. The van der Waals surface area contributed by atoms with Crippen LogP contribution < -0.4 is 16.4 Å². The van der Waals surface area contributed by atoms with Crippen LogP contribution in [0.25, 0.3) is 33.3 Å². The quantitative estimate of drug-likeness (QED) is 0.314. The molecule has 0 aliphatic heterocycles. The van der Waals surface area contributed by atoms with E-state index in [4.69, 9.17) is 10.7 Å². The first-order valence-electron chi connectivity index (χ1n) is 11.1. The molecule has 3 amide bonds. The van der Waals surface area contributed by atoms with E-state index < -0.39 is 24.4 Å². The van der Waals surface area contributed by atoms with Gasteiger partial charge in [-0.25, -0.2) is 18.6 Å². The van der Waals surface area contributed by atoms with Gasteiger partial charge >= 0.3 is 6.03 Å². The molecule has 0 atom stereocenters. The van der Waals surface area contributed by atoms with Crippen molar-refractivity contribution in [2.45, 2.75) is 19.3 Å². The maximum Gasteiger partial charge on any atom is 0.319 e. The molecule has 4 N–H and O–H groups in total. The first-order valence-corrected chi connectivity index (χ1v) is 11.1. The SMILES string of the molecule is CCC(F)(F)CNC(=O)Nc1ccc2nc(-c3ccccc3)c(-c3ccccc3)c(C(N)=O)c2c1. The van der Waals surface area contributed by atoms with Crippen LogP contribution in [0.3, 0.4) is 0 Å². The fourth-order valence-electron chi connectivity index (χ4n) is 3.80. The number of carbonyl (C=O) groups excluding carboxylic acids is 2. The molecule has 0 aliphatic carbocycles. The van der Waals surface area contributed by atoms with E-state index in [1.165, 1.54) is 6.92 Å². The van der Waals surface area contributed by atoms with E-state index in [1.807, 2.05) is 60.7 Å². The number of alkyl halides is 2. The van der Waals surface area contributed by atoms with E-state index in [1.54, 1.807) is 18.2 Å². The predicted octanol–water partition coefficient (Wildman–Crippen LogP) is 5.83. The molecule has 3 aromatic carbocycles. The third kappa shape index (κ3) is 5.27. The van der Waals surface area contributed by atoms with Gasteiger partial charge in [-0.05, 0) is 23.8 Å². The number of fused-ring (bicyclic) bond motifs is 1. The number of nitrogens with zero attached hydrogens (tertiary/aromatic N) is 1. The Morgan fingerprint density at radius 2 is 1.57 bits per heavy atom. The van der Waals surface area contributed by atoms with Gasteiger partial charge in [0.25, 0.3) is 5.92 Å². The lowest BCUT2D eigenvalue weighted by Gasteiger charge is -2.17. The summed E-state index contributed by atoms with van der Waals surface area (Å²) in [5, 5.41) is 5.15. The number of amides is 3. The normalized spacial score (nSPS) is 11.3. The number of nitrogens with one attached hydrogen (secondary N) is 2. The molecule has 6 nitrogen and oxygen atoms in total. The number of pyridine rings is 1. The van der Waals surface area contributed by atoms with E-state index in [9.17, 15) is 18.4 Å². The molecule has 0 radical (unpaired) electrons. The summed E-state index contributed by atoms with van der Waals surface area (Å²) in [6.07, 6.45) is -0.386. The van der Waals surface area contributed by atoms with Crippen molar-refractivity contribution >= 4 is 28.5 Å². The number of benzene rings is 3. The third-order valence-electron chi connectivity index (χ3n) is 5.62. The minimum Gasteiger partial charge on any atom is -0.366 e. The number of urea groups is 1. The second kappa shape index (κ2) is 9.89. The van der Waals surface area contributed by atoms with Crippen molar-refractivity contribution in [1.29, 1.82) is 0 Å². The first-order chi connectivity index (χ1) is 16.8. The molecule has 1 aromatic heterocycles. The number of anilines is 1. The Hall–Kier alpha value is -4.33. The Labute approximate surface area is 201 Å². The zero-order chi connectivity index (χ0) is 25.0. The Bertz CT molecular complexity index is 1380. The van der Waals surface area contributed by atoms with Gasteiger partial charge in [-0.15, -0.1) is 0 Å². The van der Waals surface area contributed by atoms with Gasteiger partial charge in [0, 0.05) is 28.6 Å². The van der Waals surface area contributed by atoms with Crippen LogP contribution in [0, 0.1) is 0 Å². The van der Waals surface area contributed by atoms with Gasteiger partial charge in [-0.3, -0.25) is 4.79 Å². The monoisotopic (exact) mass is 474 g/mol. The van der Waals surface area contributed by atoms with Crippen LogP contribution in [0.5, 0.6) is 0 Å². The van der Waals surface area contributed by atoms with Gasteiger partial charge in [0.05, 0.1) is 23.3 Å². The van der Waals surface area contributed by atoms with Crippen molar-refractivity contribution in [3.63, 3.8) is 0 Å². The Morgan fingerprint density at radius 3 is 2.17 bits per heavy atom. The topological polar surface area (TPSA) is 97.1 Å². The number of hydrogen-bond donors (Lipinski definition) is 3. The first kappa shape index (κ1) is 23.8. The molecular formula is C27H24F2N4O2. The molecule has 8 heteroatoms. The maximum atomic E-state index is 13.5. The number of rotatable bonds is 7. The largest absolute Gasteiger partial charge is 0.366 e. The summed E-state index contributed by atoms with van der Waals surface area (Å²) >= 11 is 0. The van der Waals surface area contributed by atoms with Crippen molar-refractivity contribution in [2.24, 2.45) is 5.73 Å². The lowest BCUT2D eigenvalue weighted by molar-refractivity contribution is 0.00133. The zero-order valence-corrected chi connectivity index (χ0v) is 19.0. The van der Waals surface area contributed by atoms with Gasteiger partial charge in [0.2, 0.25) is 5.91 Å². The molecule has 35 heavy (non-hydrogen) atoms. The minimum absolute atomic E-state index is 0.252. The number of hydrogen-bond acceptors (Lipinski definition) is 3. The van der Waals surface area contributed by atoms with Crippen molar-refractivity contribution in [3.8, 4) is 22.4 Å². The number of nitrogens with two attached hydrogens (primary N) is 1. The summed E-state index contributed by atoms with van der Waals surface area (Å²) in [5.74, 6) is -3.65. The van der Waals surface area contributed by atoms with Gasteiger partial charge < -0.3 is 16.4 Å². The summed E-state index contributed by atoms with van der Waals surface area (Å²) in [4.78, 5) is 29.8. The maximum absolute atomic E-state index is 13.5. The summed E-state index contributed by atoms with van der Waals surface area (Å²) in [5.41, 5.74) is 9.68. The zero-order valence-electron chi connectivity index (χ0n) is 19.0. The summed E-state index contributed by atoms with van der Waals surface area (Å²) in [6.45, 7) is 0.560. The molecule has 0 saturated carbocycles. The van der Waals surface area contributed by atoms with Gasteiger partial charge in [0.15, 0.2) is 0 Å². The highest BCUT2D eigenvalue weighted by Crippen LogP contribution is 2.38. The number of primary amides is 1. The Morgan fingerprint density at radius 1 is 0.943 bits per heavy atom. The van der Waals surface area contributed by atoms with E-state index >= 15 is 0 Å². The summed E-state index contributed by atoms with van der Waals surface area (Å²) in [7, 11) is 0. The molecule has 0 bridgehead atoms. The second-order valence-corrected chi connectivity index (χ2v) is 8.06. The van der Waals surface area contributed by atoms with Crippen LogP contribution >= 0.6 is 0 Å². The van der Waals surface area contributed by atoms with Crippen LogP contribution in [0.1, 0.15) is 23.7 Å². The highest BCUT2D eigenvalue weighted by molar-refractivity contribution is 6.14. The molecule has 0 aliphatic rings. The van der Waals surface area contributed by atoms with E-state index in [-0.39, 0.29) is 12.0 Å². The fourth-order valence-corrected chi connectivity index (χ4v) is 3.80. The molecular weight excluding hydrogens is 450 g/mol. The number of halogens is 2. The lowest BCUT2D eigenvalue weighted by Crippen LogP contribution is -2.38. The average molecular weight is 475 g/mol. The molecule has 0 unspecified atom stereocenters. The minimum atomic E-state index is -3.00. The standard InChI is InChI=1S/C27H24F2N4O2/c1-2-27(28,29)16-31-26(35)32-19-13-14-21-20(15-19)23(25(30)34)22(17-9-5-3-6-10-17)24(33-21)18-11-7-4-8-12-18/h3-15H,2,16H2,1H3,(H2,30,34)(H2,31,32,35). The van der Waals surface area contributed by atoms with Crippen molar-refractivity contribution in [2.75, 3.05) is 11.9 Å². The van der Waals surface area contributed by atoms with Crippen LogP contribution in [0.15, 0.2) is 78.9 Å². The molecule has 0 fully saturated rings. The van der Waals surface area contributed by atoms with Crippen LogP contribution in [-0.2, 0) is 0 Å². The fraction of sp³-hybridized carbons (Fsp3) is 0.148. The van der Waals surface area contributed by atoms with E-state index in [2.05, 4.69) is 10.6 Å². The van der Waals surface area contributed by atoms with Gasteiger partial charge in [-0.2, -0.15) is 0 Å². The smallest absolute Gasteiger partial charge is 0.319 e. The molecule has 0 saturated heterocycles. The number of carbonyl (C=O) groups is 2.